The number of amides is 2. The molecule has 1 aliphatic carbocycles. The summed E-state index contributed by atoms with van der Waals surface area (Å²) in [5.74, 6) is 1.39. The molecule has 142 valence electrons. The molecule has 6 heteroatoms. The Morgan fingerprint density at radius 1 is 1.26 bits per heavy atom. The molecular weight excluding hydrogens is 360 g/mol. The summed E-state index contributed by atoms with van der Waals surface area (Å²) in [6.45, 7) is 1.82. The average molecular weight is 385 g/mol. The van der Waals surface area contributed by atoms with Crippen LogP contribution in [0.2, 0.25) is 5.02 Å². The predicted molar refractivity (Wildman–Crippen MR) is 108 cm³/mol. The Kier molecular flexibility index (Phi) is 5.21. The fourth-order valence-corrected chi connectivity index (χ4v) is 4.00. The van der Waals surface area contributed by atoms with E-state index in [1.54, 1.807) is 0 Å². The number of halogens is 1. The maximum atomic E-state index is 12.7. The summed E-state index contributed by atoms with van der Waals surface area (Å²) in [5.41, 5.74) is 1.24. The first-order valence-corrected chi connectivity index (χ1v) is 9.94. The van der Waals surface area contributed by atoms with Gasteiger partial charge in [-0.2, -0.15) is 0 Å². The Balaban J connectivity index is 1.32. The van der Waals surface area contributed by atoms with E-state index in [0.29, 0.717) is 5.92 Å². The Morgan fingerprint density at radius 2 is 2.07 bits per heavy atom. The van der Waals surface area contributed by atoms with Crippen molar-refractivity contribution in [3.05, 3.63) is 59.2 Å². The van der Waals surface area contributed by atoms with E-state index in [4.69, 9.17) is 11.6 Å². The zero-order valence-electron chi connectivity index (χ0n) is 15.5. The van der Waals surface area contributed by atoms with Crippen LogP contribution in [0.4, 0.5) is 10.6 Å². The van der Waals surface area contributed by atoms with Gasteiger partial charge in [-0.25, -0.2) is 9.78 Å². The van der Waals surface area contributed by atoms with Crippen LogP contribution < -0.4 is 10.2 Å². The first kappa shape index (κ1) is 18.1. The summed E-state index contributed by atoms with van der Waals surface area (Å²) < 4.78 is 0. The minimum absolute atomic E-state index is 0.0179. The van der Waals surface area contributed by atoms with Crippen molar-refractivity contribution < 1.29 is 4.79 Å². The third-order valence-corrected chi connectivity index (χ3v) is 5.89. The van der Waals surface area contributed by atoms with Gasteiger partial charge in [0.15, 0.2) is 0 Å². The fourth-order valence-electron chi connectivity index (χ4n) is 3.88. The number of hydrogen-bond donors (Lipinski definition) is 1. The number of hydrogen-bond acceptors (Lipinski definition) is 3. The van der Waals surface area contributed by atoms with Gasteiger partial charge in [-0.1, -0.05) is 29.8 Å². The lowest BCUT2D eigenvalue weighted by molar-refractivity contribution is 0.182. The van der Waals surface area contributed by atoms with Gasteiger partial charge in [-0.3, -0.25) is 0 Å². The molecule has 5 nitrogen and oxygen atoms in total. The monoisotopic (exact) mass is 384 g/mol. The number of benzene rings is 1. The van der Waals surface area contributed by atoms with Crippen LogP contribution in [0.1, 0.15) is 30.7 Å². The number of carbonyl (C=O) groups is 1. The molecule has 3 atom stereocenters. The Morgan fingerprint density at radius 3 is 2.81 bits per heavy atom. The fraction of sp³-hybridized carbons (Fsp3) is 0.429. The number of carbonyl (C=O) groups excluding carboxylic acids is 1. The van der Waals surface area contributed by atoms with Gasteiger partial charge in [-0.05, 0) is 49.1 Å². The van der Waals surface area contributed by atoms with Gasteiger partial charge in [0, 0.05) is 43.3 Å². The molecule has 1 aromatic carbocycles. The van der Waals surface area contributed by atoms with Crippen LogP contribution in [0.5, 0.6) is 0 Å². The van der Waals surface area contributed by atoms with Gasteiger partial charge >= 0.3 is 6.03 Å². The molecule has 1 saturated carbocycles. The highest BCUT2D eigenvalue weighted by Gasteiger charge is 2.40. The van der Waals surface area contributed by atoms with E-state index < -0.39 is 0 Å². The number of anilines is 1. The molecule has 4 rings (SSSR count). The third kappa shape index (κ3) is 4.19. The smallest absolute Gasteiger partial charge is 0.317 e. The second-order valence-electron chi connectivity index (χ2n) is 7.49. The minimum Gasteiger partial charge on any atom is -0.355 e. The summed E-state index contributed by atoms with van der Waals surface area (Å²) >= 11 is 5.96. The molecule has 0 unspecified atom stereocenters. The SMILES string of the molecule is CN(C(=O)N[C@H]1C[C@@H]1c1ccc(Cl)cc1)[C@@H]1CCCN(c2ccccn2)C1. The standard InChI is InChI=1S/C21H25ClN4O/c1-25(17-5-4-12-26(14-17)20-6-2-3-11-23-20)21(27)24-19-13-18(19)15-7-9-16(22)10-8-15/h2-3,6-11,17-19H,4-5,12-14H2,1H3,(H,24,27)/t17-,18-,19+/m1/s1. The number of piperidine rings is 1. The summed E-state index contributed by atoms with van der Waals surface area (Å²) in [6.07, 6.45) is 4.90. The highest BCUT2D eigenvalue weighted by molar-refractivity contribution is 6.30. The number of pyridine rings is 1. The molecule has 2 heterocycles. The number of urea groups is 1. The van der Waals surface area contributed by atoms with E-state index in [2.05, 4.69) is 27.3 Å². The molecule has 1 saturated heterocycles. The van der Waals surface area contributed by atoms with Gasteiger partial charge in [0.25, 0.3) is 0 Å². The van der Waals surface area contributed by atoms with E-state index in [1.807, 2.05) is 48.5 Å². The van der Waals surface area contributed by atoms with Crippen molar-refractivity contribution in [1.82, 2.24) is 15.2 Å². The van der Waals surface area contributed by atoms with Gasteiger partial charge < -0.3 is 15.1 Å². The quantitative estimate of drug-likeness (QED) is 0.869. The van der Waals surface area contributed by atoms with Crippen molar-refractivity contribution in [3.8, 4) is 0 Å². The highest BCUT2D eigenvalue weighted by atomic mass is 35.5. The molecule has 2 aliphatic rings. The zero-order chi connectivity index (χ0) is 18.8. The van der Waals surface area contributed by atoms with E-state index >= 15 is 0 Å². The molecule has 1 aromatic heterocycles. The van der Waals surface area contributed by atoms with Crippen molar-refractivity contribution >= 4 is 23.4 Å². The molecule has 1 N–H and O–H groups in total. The van der Waals surface area contributed by atoms with Gasteiger partial charge in [-0.15, -0.1) is 0 Å². The lowest BCUT2D eigenvalue weighted by atomic mass is 10.0. The second kappa shape index (κ2) is 7.77. The Hall–Kier alpha value is -2.27. The molecule has 0 bridgehead atoms. The van der Waals surface area contributed by atoms with Crippen LogP contribution in [0, 0.1) is 0 Å². The number of nitrogens with zero attached hydrogens (tertiary/aromatic N) is 3. The average Bonchev–Trinajstić information content (AvgIpc) is 3.47. The second-order valence-corrected chi connectivity index (χ2v) is 7.93. The molecule has 1 aliphatic heterocycles. The number of nitrogens with one attached hydrogen (secondary N) is 1. The summed E-state index contributed by atoms with van der Waals surface area (Å²) in [4.78, 5) is 21.3. The lowest BCUT2D eigenvalue weighted by Gasteiger charge is -2.38. The predicted octanol–water partition coefficient (Wildman–Crippen LogP) is 3.90. The molecule has 2 fully saturated rings. The van der Waals surface area contributed by atoms with Crippen molar-refractivity contribution in [3.63, 3.8) is 0 Å². The molecule has 0 spiro atoms. The zero-order valence-corrected chi connectivity index (χ0v) is 16.3. The first-order chi connectivity index (χ1) is 13.1. The Labute approximate surface area is 165 Å². The van der Waals surface area contributed by atoms with Gasteiger partial charge in [0.1, 0.15) is 5.82 Å². The molecular formula is C21H25ClN4O. The largest absolute Gasteiger partial charge is 0.355 e. The van der Waals surface area contributed by atoms with E-state index in [9.17, 15) is 4.79 Å². The summed E-state index contributed by atoms with van der Waals surface area (Å²) in [7, 11) is 1.90. The van der Waals surface area contributed by atoms with E-state index in [0.717, 1.165) is 43.2 Å². The van der Waals surface area contributed by atoms with Crippen LogP contribution >= 0.6 is 11.6 Å². The van der Waals surface area contributed by atoms with Crippen LogP contribution in [0.25, 0.3) is 0 Å². The third-order valence-electron chi connectivity index (χ3n) is 5.64. The number of likely N-dealkylation sites (N-methyl/N-ethyl adjacent to an activating group) is 1. The van der Waals surface area contributed by atoms with Crippen LogP contribution in [0.3, 0.4) is 0 Å². The normalized spacial score (nSPS) is 24.4. The van der Waals surface area contributed by atoms with Crippen molar-refractivity contribution in [2.75, 3.05) is 25.0 Å². The first-order valence-electron chi connectivity index (χ1n) is 9.56. The lowest BCUT2D eigenvalue weighted by Crippen LogP contribution is -2.52. The number of rotatable bonds is 4. The Bertz CT molecular complexity index is 783. The van der Waals surface area contributed by atoms with Crippen molar-refractivity contribution in [2.24, 2.45) is 0 Å². The van der Waals surface area contributed by atoms with Crippen LogP contribution in [0.15, 0.2) is 48.7 Å². The molecule has 2 amide bonds. The van der Waals surface area contributed by atoms with Crippen molar-refractivity contribution in [2.45, 2.75) is 37.3 Å². The topological polar surface area (TPSA) is 48.5 Å². The number of aromatic nitrogens is 1. The highest BCUT2D eigenvalue weighted by Crippen LogP contribution is 2.41. The molecule has 27 heavy (non-hydrogen) atoms. The van der Waals surface area contributed by atoms with Crippen molar-refractivity contribution in [1.29, 1.82) is 0 Å². The maximum absolute atomic E-state index is 12.7. The van der Waals surface area contributed by atoms with E-state index in [1.165, 1.54) is 5.56 Å². The van der Waals surface area contributed by atoms with Gasteiger partial charge in [0.05, 0.1) is 6.04 Å². The van der Waals surface area contributed by atoms with Crippen LogP contribution in [-0.4, -0.2) is 48.1 Å². The minimum atomic E-state index is 0.0179. The van der Waals surface area contributed by atoms with Gasteiger partial charge in [0.2, 0.25) is 0 Å². The molecule has 2 aromatic rings. The molecule has 0 radical (unpaired) electrons. The van der Waals surface area contributed by atoms with Crippen LogP contribution in [-0.2, 0) is 0 Å². The summed E-state index contributed by atoms with van der Waals surface area (Å²) in [5, 5.41) is 3.93. The summed E-state index contributed by atoms with van der Waals surface area (Å²) in [6, 6.07) is 14.3. The maximum Gasteiger partial charge on any atom is 0.317 e. The van der Waals surface area contributed by atoms with E-state index in [-0.39, 0.29) is 18.1 Å².